The topological polar surface area (TPSA) is 87.2 Å². The highest BCUT2D eigenvalue weighted by molar-refractivity contribution is 6.35. The van der Waals surface area contributed by atoms with E-state index in [9.17, 15) is 9.59 Å². The lowest BCUT2D eigenvalue weighted by atomic mass is 9.91. The number of nitrogens with one attached hydrogen (secondary N) is 1. The summed E-state index contributed by atoms with van der Waals surface area (Å²) in [5, 5.41) is 3.79. The smallest absolute Gasteiger partial charge is 0.407 e. The normalized spacial score (nSPS) is 17.6. The standard InChI is InChI=1S/C32H45Cl2N5O4/c1-4-26(37(2)3)22-43-29-8-7-13-35-30(29)23-11-16-39(17-12-23)31(40)28(20-24-9-10-25(33)21-27(24)34)36-32(41)42-19-18-38-14-5-6-15-38/h7-10,13,21,23,26,28H,4-6,11-12,14-20,22H2,1-3H3,(H,36,41)/t26-,28?/m1/s1. The van der Waals surface area contributed by atoms with Gasteiger partial charge in [-0.2, -0.15) is 0 Å². The van der Waals surface area contributed by atoms with Gasteiger partial charge in [0.05, 0.1) is 5.69 Å². The third-order valence-electron chi connectivity index (χ3n) is 8.49. The van der Waals surface area contributed by atoms with Crippen molar-refractivity contribution in [3.8, 4) is 5.75 Å². The molecule has 2 aliphatic rings. The number of halogens is 2. The summed E-state index contributed by atoms with van der Waals surface area (Å²) in [6.07, 6.45) is 6.27. The van der Waals surface area contributed by atoms with Crippen LogP contribution in [-0.4, -0.2) is 104 Å². The van der Waals surface area contributed by atoms with Gasteiger partial charge in [-0.25, -0.2) is 4.79 Å². The number of nitrogens with zero attached hydrogens (tertiary/aromatic N) is 4. The SMILES string of the molecule is CC[C@H](COc1cccnc1C1CCN(C(=O)C(Cc2ccc(Cl)cc2Cl)NC(=O)OCCN2CCCC2)CC1)N(C)C. The van der Waals surface area contributed by atoms with Gasteiger partial charge in [-0.3, -0.25) is 14.7 Å². The van der Waals surface area contributed by atoms with Crippen LogP contribution in [0.25, 0.3) is 0 Å². The molecule has 0 bridgehead atoms. The third kappa shape index (κ3) is 9.70. The van der Waals surface area contributed by atoms with Gasteiger partial charge in [0.2, 0.25) is 5.91 Å². The number of hydrogen-bond donors (Lipinski definition) is 1. The van der Waals surface area contributed by atoms with Gasteiger partial charge >= 0.3 is 6.09 Å². The Morgan fingerprint density at radius 1 is 1.12 bits per heavy atom. The Balaban J connectivity index is 1.38. The number of likely N-dealkylation sites (tertiary alicyclic amines) is 2. The molecule has 236 valence electrons. The van der Waals surface area contributed by atoms with Gasteiger partial charge < -0.3 is 24.6 Å². The van der Waals surface area contributed by atoms with E-state index in [2.05, 4.69) is 41.1 Å². The molecule has 3 heterocycles. The van der Waals surface area contributed by atoms with Crippen molar-refractivity contribution in [1.82, 2.24) is 25.0 Å². The molecule has 0 spiro atoms. The highest BCUT2D eigenvalue weighted by Crippen LogP contribution is 2.33. The summed E-state index contributed by atoms with van der Waals surface area (Å²) in [5.41, 5.74) is 1.67. The van der Waals surface area contributed by atoms with Crippen LogP contribution in [0.4, 0.5) is 4.79 Å². The first-order chi connectivity index (χ1) is 20.7. The van der Waals surface area contributed by atoms with E-state index in [0.29, 0.717) is 42.3 Å². The Hall–Kier alpha value is -2.59. The lowest BCUT2D eigenvalue weighted by molar-refractivity contribution is -0.134. The zero-order chi connectivity index (χ0) is 30.8. The number of carbonyl (C=O) groups is 2. The van der Waals surface area contributed by atoms with Crippen LogP contribution in [0.3, 0.4) is 0 Å². The average Bonchev–Trinajstić information content (AvgIpc) is 3.52. The number of amides is 2. The van der Waals surface area contributed by atoms with E-state index >= 15 is 0 Å². The number of carbonyl (C=O) groups excluding carboxylic acids is 2. The van der Waals surface area contributed by atoms with Crippen LogP contribution >= 0.6 is 23.2 Å². The summed E-state index contributed by atoms with van der Waals surface area (Å²) in [6, 6.07) is 8.55. The Morgan fingerprint density at radius 3 is 2.53 bits per heavy atom. The van der Waals surface area contributed by atoms with Crippen LogP contribution < -0.4 is 10.1 Å². The van der Waals surface area contributed by atoms with E-state index in [1.165, 1.54) is 12.8 Å². The minimum Gasteiger partial charge on any atom is -0.490 e. The second-order valence-electron chi connectivity index (χ2n) is 11.6. The van der Waals surface area contributed by atoms with Crippen molar-refractivity contribution in [3.63, 3.8) is 0 Å². The Labute approximate surface area is 265 Å². The van der Waals surface area contributed by atoms with E-state index in [4.69, 9.17) is 32.7 Å². The molecule has 2 aromatic rings. The number of aromatic nitrogens is 1. The molecule has 1 aromatic carbocycles. The molecule has 43 heavy (non-hydrogen) atoms. The number of likely N-dealkylation sites (N-methyl/N-ethyl adjacent to an activating group) is 1. The van der Waals surface area contributed by atoms with Gasteiger partial charge in [-0.1, -0.05) is 36.2 Å². The molecular weight excluding hydrogens is 589 g/mol. The Morgan fingerprint density at radius 2 is 1.86 bits per heavy atom. The fourth-order valence-corrected chi connectivity index (χ4v) is 6.29. The second kappa shape index (κ2) is 16.5. The highest BCUT2D eigenvalue weighted by Gasteiger charge is 2.32. The number of ether oxygens (including phenoxy) is 2. The molecule has 2 saturated heterocycles. The summed E-state index contributed by atoms with van der Waals surface area (Å²) in [4.78, 5) is 37.6. The van der Waals surface area contributed by atoms with Crippen molar-refractivity contribution in [2.45, 2.75) is 63.5 Å². The molecule has 0 aliphatic carbocycles. The molecule has 2 aliphatic heterocycles. The molecular formula is C32H45Cl2N5O4. The fraction of sp³-hybridized carbons (Fsp3) is 0.594. The van der Waals surface area contributed by atoms with E-state index in [-0.39, 0.29) is 24.9 Å². The number of benzene rings is 1. The minimum atomic E-state index is -0.819. The zero-order valence-electron chi connectivity index (χ0n) is 25.6. The largest absolute Gasteiger partial charge is 0.490 e. The van der Waals surface area contributed by atoms with Crippen molar-refractivity contribution < 1.29 is 19.1 Å². The number of alkyl carbamates (subject to hydrolysis) is 1. The predicted molar refractivity (Wildman–Crippen MR) is 170 cm³/mol. The molecule has 0 saturated carbocycles. The maximum absolute atomic E-state index is 13.8. The molecule has 9 nitrogen and oxygen atoms in total. The second-order valence-corrected chi connectivity index (χ2v) is 12.5. The van der Waals surface area contributed by atoms with Crippen LogP contribution in [-0.2, 0) is 16.0 Å². The number of hydrogen-bond acceptors (Lipinski definition) is 7. The highest BCUT2D eigenvalue weighted by atomic mass is 35.5. The minimum absolute atomic E-state index is 0.157. The van der Waals surface area contributed by atoms with Crippen LogP contribution in [0.2, 0.25) is 10.0 Å². The number of rotatable bonds is 13. The Bertz CT molecular complexity index is 1200. The molecule has 1 unspecified atom stereocenters. The lowest BCUT2D eigenvalue weighted by Gasteiger charge is -2.34. The van der Waals surface area contributed by atoms with E-state index in [1.807, 2.05) is 17.0 Å². The van der Waals surface area contributed by atoms with Crippen molar-refractivity contribution in [3.05, 3.63) is 57.8 Å². The van der Waals surface area contributed by atoms with Gasteiger partial charge in [-0.05, 0) is 89.1 Å². The van der Waals surface area contributed by atoms with Gasteiger partial charge in [0, 0.05) is 54.3 Å². The van der Waals surface area contributed by atoms with Gasteiger partial charge in [0.25, 0.3) is 0 Å². The Kier molecular flexibility index (Phi) is 12.8. The van der Waals surface area contributed by atoms with E-state index in [0.717, 1.165) is 49.4 Å². The number of piperidine rings is 1. The van der Waals surface area contributed by atoms with Crippen molar-refractivity contribution in [2.24, 2.45) is 0 Å². The quantitative estimate of drug-likeness (QED) is 0.322. The van der Waals surface area contributed by atoms with Gasteiger partial charge in [0.1, 0.15) is 25.0 Å². The molecule has 2 amide bonds. The third-order valence-corrected chi connectivity index (χ3v) is 9.08. The predicted octanol–water partition coefficient (Wildman–Crippen LogP) is 5.25. The summed E-state index contributed by atoms with van der Waals surface area (Å²) in [7, 11) is 4.12. The van der Waals surface area contributed by atoms with E-state index in [1.54, 1.807) is 24.4 Å². The van der Waals surface area contributed by atoms with Gasteiger partial charge in [-0.15, -0.1) is 0 Å². The summed E-state index contributed by atoms with van der Waals surface area (Å²) < 4.78 is 11.7. The fourth-order valence-electron chi connectivity index (χ4n) is 5.81. The van der Waals surface area contributed by atoms with Crippen LogP contribution in [0, 0.1) is 0 Å². The summed E-state index contributed by atoms with van der Waals surface area (Å²) >= 11 is 12.5. The monoisotopic (exact) mass is 633 g/mol. The van der Waals surface area contributed by atoms with E-state index < -0.39 is 12.1 Å². The molecule has 1 N–H and O–H groups in total. The zero-order valence-corrected chi connectivity index (χ0v) is 27.1. The molecule has 2 fully saturated rings. The maximum atomic E-state index is 13.8. The molecule has 2 atom stereocenters. The van der Waals surface area contributed by atoms with Crippen molar-refractivity contribution in [1.29, 1.82) is 0 Å². The summed E-state index contributed by atoms with van der Waals surface area (Å²) in [6.45, 7) is 6.86. The summed E-state index contributed by atoms with van der Waals surface area (Å²) in [5.74, 6) is 0.823. The van der Waals surface area contributed by atoms with Crippen LogP contribution in [0.5, 0.6) is 5.75 Å². The van der Waals surface area contributed by atoms with Crippen LogP contribution in [0.1, 0.15) is 56.2 Å². The molecule has 0 radical (unpaired) electrons. The van der Waals surface area contributed by atoms with Crippen LogP contribution in [0.15, 0.2) is 36.5 Å². The van der Waals surface area contributed by atoms with Crippen molar-refractivity contribution in [2.75, 3.05) is 60.0 Å². The van der Waals surface area contributed by atoms with Crippen molar-refractivity contribution >= 4 is 35.2 Å². The molecule has 11 heteroatoms. The molecule has 1 aromatic heterocycles. The maximum Gasteiger partial charge on any atom is 0.407 e. The molecule has 4 rings (SSSR count). The first kappa shape index (κ1) is 33.3. The average molecular weight is 635 g/mol. The first-order valence-electron chi connectivity index (χ1n) is 15.4. The lowest BCUT2D eigenvalue weighted by Crippen LogP contribution is -2.51. The van der Waals surface area contributed by atoms with Gasteiger partial charge in [0.15, 0.2) is 0 Å². The number of pyridine rings is 1. The first-order valence-corrected chi connectivity index (χ1v) is 16.1.